The maximum absolute atomic E-state index is 11.5. The molecule has 1 N–H and O–H groups in total. The number of rotatable bonds is 6. The highest BCUT2D eigenvalue weighted by Crippen LogP contribution is 2.26. The SMILES string of the molecule is COc1ccccc1OCCNC1(C)CCS(=O)(=O)C1. The Labute approximate surface area is 120 Å². The van der Waals surface area contributed by atoms with Gasteiger partial charge in [0.25, 0.3) is 0 Å². The minimum Gasteiger partial charge on any atom is -0.493 e. The third kappa shape index (κ3) is 3.86. The van der Waals surface area contributed by atoms with Gasteiger partial charge >= 0.3 is 0 Å². The van der Waals surface area contributed by atoms with Crippen LogP contribution in [0.15, 0.2) is 24.3 Å². The monoisotopic (exact) mass is 299 g/mol. The van der Waals surface area contributed by atoms with Crippen LogP contribution in [0.1, 0.15) is 13.3 Å². The zero-order chi connectivity index (χ0) is 14.6. The summed E-state index contributed by atoms with van der Waals surface area (Å²) in [7, 11) is -1.28. The minimum atomic E-state index is -2.88. The average Bonchev–Trinajstić information content (AvgIpc) is 2.70. The van der Waals surface area contributed by atoms with Gasteiger partial charge < -0.3 is 14.8 Å². The van der Waals surface area contributed by atoms with Crippen molar-refractivity contribution in [3.8, 4) is 11.5 Å². The van der Waals surface area contributed by atoms with E-state index in [0.717, 1.165) is 0 Å². The molecular weight excluding hydrogens is 278 g/mol. The number of benzene rings is 1. The van der Waals surface area contributed by atoms with Crippen molar-refractivity contribution in [1.82, 2.24) is 5.32 Å². The molecule has 0 spiro atoms. The number of nitrogens with one attached hydrogen (secondary N) is 1. The molecule has 0 aliphatic carbocycles. The predicted octanol–water partition coefficient (Wildman–Crippen LogP) is 1.24. The van der Waals surface area contributed by atoms with Crippen molar-refractivity contribution >= 4 is 9.84 Å². The van der Waals surface area contributed by atoms with Crippen LogP contribution >= 0.6 is 0 Å². The molecule has 1 atom stereocenters. The molecule has 1 aliphatic heterocycles. The van der Waals surface area contributed by atoms with Crippen molar-refractivity contribution in [2.24, 2.45) is 0 Å². The largest absolute Gasteiger partial charge is 0.493 e. The van der Waals surface area contributed by atoms with E-state index in [9.17, 15) is 8.42 Å². The fourth-order valence-electron chi connectivity index (χ4n) is 2.40. The second-order valence-corrected chi connectivity index (χ2v) is 7.51. The van der Waals surface area contributed by atoms with Crippen LogP contribution in [0.2, 0.25) is 0 Å². The molecule has 1 aliphatic rings. The lowest BCUT2D eigenvalue weighted by Crippen LogP contribution is -2.45. The van der Waals surface area contributed by atoms with Crippen molar-refractivity contribution in [3.63, 3.8) is 0 Å². The van der Waals surface area contributed by atoms with Crippen LogP contribution in [-0.2, 0) is 9.84 Å². The third-order valence-corrected chi connectivity index (χ3v) is 5.39. The van der Waals surface area contributed by atoms with Crippen molar-refractivity contribution < 1.29 is 17.9 Å². The molecule has 1 heterocycles. The van der Waals surface area contributed by atoms with Crippen LogP contribution in [0.3, 0.4) is 0 Å². The quantitative estimate of drug-likeness (QED) is 0.801. The van der Waals surface area contributed by atoms with Gasteiger partial charge in [0.1, 0.15) is 6.61 Å². The number of hydrogen-bond donors (Lipinski definition) is 1. The van der Waals surface area contributed by atoms with Gasteiger partial charge in [0, 0.05) is 12.1 Å². The fourth-order valence-corrected chi connectivity index (χ4v) is 4.52. The van der Waals surface area contributed by atoms with Crippen LogP contribution in [0, 0.1) is 0 Å². The maximum atomic E-state index is 11.5. The predicted molar refractivity (Wildman–Crippen MR) is 78.2 cm³/mol. The van der Waals surface area contributed by atoms with Crippen molar-refractivity contribution in [3.05, 3.63) is 24.3 Å². The molecule has 6 heteroatoms. The zero-order valence-corrected chi connectivity index (χ0v) is 12.7. The van der Waals surface area contributed by atoms with E-state index in [2.05, 4.69) is 5.32 Å². The Morgan fingerprint density at radius 1 is 1.30 bits per heavy atom. The lowest BCUT2D eigenvalue weighted by Gasteiger charge is -2.24. The normalized spacial score (nSPS) is 24.5. The van der Waals surface area contributed by atoms with E-state index in [1.165, 1.54) is 0 Å². The van der Waals surface area contributed by atoms with E-state index in [0.29, 0.717) is 31.1 Å². The van der Waals surface area contributed by atoms with Gasteiger partial charge in [-0.2, -0.15) is 0 Å². The molecule has 1 aromatic rings. The first-order valence-corrected chi connectivity index (χ1v) is 8.48. The number of para-hydroxylation sites is 2. The summed E-state index contributed by atoms with van der Waals surface area (Å²) in [6, 6.07) is 7.46. The number of sulfone groups is 1. The second-order valence-electron chi connectivity index (χ2n) is 5.33. The number of methoxy groups -OCH3 is 1. The Morgan fingerprint density at radius 3 is 2.60 bits per heavy atom. The molecule has 1 aromatic carbocycles. The van der Waals surface area contributed by atoms with Gasteiger partial charge in [0.15, 0.2) is 21.3 Å². The molecule has 0 aromatic heterocycles. The van der Waals surface area contributed by atoms with E-state index in [-0.39, 0.29) is 17.0 Å². The van der Waals surface area contributed by atoms with Crippen LogP contribution in [-0.4, -0.2) is 45.7 Å². The van der Waals surface area contributed by atoms with Crippen molar-refractivity contribution in [2.75, 3.05) is 31.8 Å². The van der Waals surface area contributed by atoms with Gasteiger partial charge in [-0.05, 0) is 25.5 Å². The Balaban J connectivity index is 1.80. The molecule has 0 radical (unpaired) electrons. The molecule has 1 saturated heterocycles. The van der Waals surface area contributed by atoms with Crippen molar-refractivity contribution in [1.29, 1.82) is 0 Å². The molecule has 112 valence electrons. The number of ether oxygens (including phenoxy) is 2. The van der Waals surface area contributed by atoms with Gasteiger partial charge in [-0.25, -0.2) is 8.42 Å². The highest BCUT2D eigenvalue weighted by Gasteiger charge is 2.37. The smallest absolute Gasteiger partial charge is 0.161 e. The first kappa shape index (κ1) is 15.1. The van der Waals surface area contributed by atoms with Crippen LogP contribution in [0.4, 0.5) is 0 Å². The molecule has 0 saturated carbocycles. The standard InChI is InChI=1S/C14H21NO4S/c1-14(7-10-20(16,17)11-14)15-8-9-19-13-6-4-3-5-12(13)18-2/h3-6,15H,7-11H2,1-2H3. The topological polar surface area (TPSA) is 64.6 Å². The highest BCUT2D eigenvalue weighted by molar-refractivity contribution is 7.91. The molecule has 0 bridgehead atoms. The summed E-state index contributed by atoms with van der Waals surface area (Å²) in [6.07, 6.45) is 0.657. The molecule has 5 nitrogen and oxygen atoms in total. The Kier molecular flexibility index (Phi) is 4.55. The molecule has 1 fully saturated rings. The van der Waals surface area contributed by atoms with Gasteiger partial charge in [0.05, 0.1) is 18.6 Å². The number of hydrogen-bond acceptors (Lipinski definition) is 5. The van der Waals surface area contributed by atoms with Gasteiger partial charge in [-0.3, -0.25) is 0 Å². The van der Waals surface area contributed by atoms with Crippen LogP contribution < -0.4 is 14.8 Å². The van der Waals surface area contributed by atoms with E-state index >= 15 is 0 Å². The summed E-state index contributed by atoms with van der Waals surface area (Å²) in [5, 5.41) is 3.28. The van der Waals surface area contributed by atoms with E-state index in [1.54, 1.807) is 7.11 Å². The second kappa shape index (κ2) is 6.01. The lowest BCUT2D eigenvalue weighted by atomic mass is 10.0. The molecule has 2 rings (SSSR count). The summed E-state index contributed by atoms with van der Waals surface area (Å²) < 4.78 is 33.8. The van der Waals surface area contributed by atoms with E-state index < -0.39 is 9.84 Å². The average molecular weight is 299 g/mol. The first-order chi connectivity index (χ1) is 9.44. The van der Waals surface area contributed by atoms with Gasteiger partial charge in [-0.15, -0.1) is 0 Å². The maximum Gasteiger partial charge on any atom is 0.161 e. The Bertz CT molecular complexity index is 558. The Hall–Kier alpha value is -1.27. The zero-order valence-electron chi connectivity index (χ0n) is 11.9. The summed E-state index contributed by atoms with van der Waals surface area (Å²) in [5.41, 5.74) is -0.330. The highest BCUT2D eigenvalue weighted by atomic mass is 32.2. The van der Waals surface area contributed by atoms with E-state index in [1.807, 2.05) is 31.2 Å². The fraction of sp³-hybridized carbons (Fsp3) is 0.571. The summed E-state index contributed by atoms with van der Waals surface area (Å²) >= 11 is 0. The minimum absolute atomic E-state index is 0.203. The summed E-state index contributed by atoms with van der Waals surface area (Å²) in [5.74, 6) is 1.86. The summed E-state index contributed by atoms with van der Waals surface area (Å²) in [4.78, 5) is 0. The van der Waals surface area contributed by atoms with E-state index in [4.69, 9.17) is 9.47 Å². The van der Waals surface area contributed by atoms with Crippen LogP contribution in [0.5, 0.6) is 11.5 Å². The summed E-state index contributed by atoms with van der Waals surface area (Å²) in [6.45, 7) is 3.01. The van der Waals surface area contributed by atoms with Crippen molar-refractivity contribution in [2.45, 2.75) is 18.9 Å². The van der Waals surface area contributed by atoms with Crippen LogP contribution in [0.25, 0.3) is 0 Å². The molecule has 20 heavy (non-hydrogen) atoms. The molecule has 0 amide bonds. The molecular formula is C14H21NO4S. The third-order valence-electron chi connectivity index (χ3n) is 3.48. The lowest BCUT2D eigenvalue weighted by molar-refractivity contribution is 0.272. The molecule has 1 unspecified atom stereocenters. The van der Waals surface area contributed by atoms with Gasteiger partial charge in [0.2, 0.25) is 0 Å². The Morgan fingerprint density at radius 2 is 2.00 bits per heavy atom. The van der Waals surface area contributed by atoms with Gasteiger partial charge in [-0.1, -0.05) is 12.1 Å². The first-order valence-electron chi connectivity index (χ1n) is 6.65.